The molecular formula is C9H9BN2O2S. The highest BCUT2D eigenvalue weighted by Crippen LogP contribution is 2.13. The summed E-state index contributed by atoms with van der Waals surface area (Å²) in [6, 6.07) is 5.07. The third-order valence-electron chi connectivity index (χ3n) is 2.06. The van der Waals surface area contributed by atoms with E-state index in [2.05, 4.69) is 9.97 Å². The quantitative estimate of drug-likeness (QED) is 0.424. The molecule has 0 spiro atoms. The van der Waals surface area contributed by atoms with Crippen LogP contribution in [0.5, 0.6) is 0 Å². The zero-order chi connectivity index (χ0) is 10.8. The zero-order valence-electron chi connectivity index (χ0n) is 8.08. The number of fused-ring (bicyclic) bond motifs is 1. The molecule has 6 heteroatoms. The highest BCUT2D eigenvalue weighted by atomic mass is 32.2. The van der Waals surface area contributed by atoms with Crippen molar-refractivity contribution in [3.63, 3.8) is 0 Å². The van der Waals surface area contributed by atoms with Gasteiger partial charge in [0.2, 0.25) is 0 Å². The second-order valence-electron chi connectivity index (χ2n) is 3.05. The van der Waals surface area contributed by atoms with Gasteiger partial charge in [-0.05, 0) is 17.8 Å². The van der Waals surface area contributed by atoms with Gasteiger partial charge in [0.25, 0.3) is 0 Å². The molecule has 15 heavy (non-hydrogen) atoms. The van der Waals surface area contributed by atoms with Gasteiger partial charge in [0.1, 0.15) is 0 Å². The molecule has 0 saturated carbocycles. The summed E-state index contributed by atoms with van der Waals surface area (Å²) in [6.45, 7) is 0. The maximum absolute atomic E-state index is 8.99. The lowest BCUT2D eigenvalue weighted by Gasteiger charge is -2.02. The molecule has 0 unspecified atom stereocenters. The molecule has 76 valence electrons. The molecule has 0 fully saturated rings. The first-order valence-electron chi connectivity index (χ1n) is 4.37. The molecule has 0 aliphatic rings. The van der Waals surface area contributed by atoms with Crippen LogP contribution in [-0.4, -0.2) is 33.4 Å². The van der Waals surface area contributed by atoms with E-state index in [0.29, 0.717) is 10.6 Å². The van der Waals surface area contributed by atoms with Gasteiger partial charge >= 0.3 is 7.12 Å². The zero-order valence-corrected chi connectivity index (χ0v) is 8.90. The average molecular weight is 220 g/mol. The van der Waals surface area contributed by atoms with Crippen LogP contribution in [0.15, 0.2) is 29.6 Å². The van der Waals surface area contributed by atoms with Gasteiger partial charge in [0, 0.05) is 11.6 Å². The summed E-state index contributed by atoms with van der Waals surface area (Å²) in [5, 5.41) is 19.5. The topological polar surface area (TPSA) is 66.2 Å². The minimum atomic E-state index is -1.45. The van der Waals surface area contributed by atoms with E-state index in [1.54, 1.807) is 24.4 Å². The standard InChI is InChI=1S/C9H9BN2O2S/c1-15-9-11-5-6-4-7(10(13)14)2-3-8(6)12-9/h2-5,13-14H,1H3. The predicted molar refractivity (Wildman–Crippen MR) is 61.1 cm³/mol. The molecule has 2 aromatic rings. The highest BCUT2D eigenvalue weighted by Gasteiger charge is 2.11. The van der Waals surface area contributed by atoms with Crippen molar-refractivity contribution in [2.75, 3.05) is 6.26 Å². The first-order chi connectivity index (χ1) is 7.20. The molecule has 0 radical (unpaired) electrons. The Hall–Kier alpha value is -1.11. The number of hydrogen-bond acceptors (Lipinski definition) is 5. The Balaban J connectivity index is 2.55. The second kappa shape index (κ2) is 4.18. The average Bonchev–Trinajstić information content (AvgIpc) is 2.27. The smallest absolute Gasteiger partial charge is 0.423 e. The van der Waals surface area contributed by atoms with Crippen molar-refractivity contribution < 1.29 is 10.0 Å². The molecule has 1 aromatic heterocycles. The molecule has 0 bridgehead atoms. The lowest BCUT2D eigenvalue weighted by atomic mass is 9.80. The minimum absolute atomic E-state index is 0.447. The maximum Gasteiger partial charge on any atom is 0.488 e. The molecule has 1 heterocycles. The summed E-state index contributed by atoms with van der Waals surface area (Å²) in [5.74, 6) is 0. The van der Waals surface area contributed by atoms with Crippen LogP contribution in [0.2, 0.25) is 0 Å². The van der Waals surface area contributed by atoms with Crippen molar-refractivity contribution in [1.29, 1.82) is 0 Å². The van der Waals surface area contributed by atoms with Gasteiger partial charge in [-0.25, -0.2) is 9.97 Å². The van der Waals surface area contributed by atoms with Gasteiger partial charge in [-0.1, -0.05) is 23.9 Å². The Morgan fingerprint density at radius 1 is 1.33 bits per heavy atom. The van der Waals surface area contributed by atoms with Crippen LogP contribution in [0.25, 0.3) is 10.9 Å². The van der Waals surface area contributed by atoms with E-state index >= 15 is 0 Å². The molecule has 0 aliphatic heterocycles. The molecule has 0 atom stereocenters. The molecule has 0 aliphatic carbocycles. The Kier molecular flexibility index (Phi) is 2.90. The van der Waals surface area contributed by atoms with Crippen LogP contribution >= 0.6 is 11.8 Å². The van der Waals surface area contributed by atoms with Gasteiger partial charge in [-0.3, -0.25) is 0 Å². The number of thioether (sulfide) groups is 1. The Morgan fingerprint density at radius 2 is 2.13 bits per heavy atom. The van der Waals surface area contributed by atoms with Crippen LogP contribution in [0, 0.1) is 0 Å². The predicted octanol–water partition coefficient (Wildman–Crippen LogP) is 0.0315. The number of aromatic nitrogens is 2. The SMILES string of the molecule is CSc1ncc2cc(B(O)O)ccc2n1. The number of benzene rings is 1. The van der Waals surface area contributed by atoms with Crippen LogP contribution in [0.4, 0.5) is 0 Å². The number of nitrogens with zero attached hydrogens (tertiary/aromatic N) is 2. The van der Waals surface area contributed by atoms with Crippen molar-refractivity contribution in [2.24, 2.45) is 0 Å². The van der Waals surface area contributed by atoms with Gasteiger partial charge in [0.15, 0.2) is 5.16 Å². The van der Waals surface area contributed by atoms with Crippen LogP contribution in [-0.2, 0) is 0 Å². The molecule has 0 amide bonds. The summed E-state index contributed by atoms with van der Waals surface area (Å²) >= 11 is 1.47. The Labute approximate surface area is 91.5 Å². The van der Waals surface area contributed by atoms with Crippen molar-refractivity contribution in [3.05, 3.63) is 24.4 Å². The first kappa shape index (κ1) is 10.4. The first-order valence-corrected chi connectivity index (χ1v) is 5.60. The summed E-state index contributed by atoms with van der Waals surface area (Å²) < 4.78 is 0. The summed E-state index contributed by atoms with van der Waals surface area (Å²) in [6.07, 6.45) is 3.59. The molecule has 2 rings (SSSR count). The third kappa shape index (κ3) is 2.12. The van der Waals surface area contributed by atoms with Crippen molar-refractivity contribution in [3.8, 4) is 0 Å². The fraction of sp³-hybridized carbons (Fsp3) is 0.111. The Morgan fingerprint density at radius 3 is 2.80 bits per heavy atom. The molecule has 4 nitrogen and oxygen atoms in total. The molecule has 2 N–H and O–H groups in total. The lowest BCUT2D eigenvalue weighted by molar-refractivity contribution is 0.426. The maximum atomic E-state index is 8.99. The van der Waals surface area contributed by atoms with Crippen molar-refractivity contribution >= 4 is 35.2 Å². The summed E-state index contributed by atoms with van der Waals surface area (Å²) in [5.41, 5.74) is 1.25. The van der Waals surface area contributed by atoms with E-state index in [9.17, 15) is 0 Å². The van der Waals surface area contributed by atoms with Gasteiger partial charge in [0.05, 0.1) is 5.52 Å². The van der Waals surface area contributed by atoms with E-state index in [4.69, 9.17) is 10.0 Å². The third-order valence-corrected chi connectivity index (χ3v) is 2.62. The highest BCUT2D eigenvalue weighted by molar-refractivity contribution is 7.98. The summed E-state index contributed by atoms with van der Waals surface area (Å²) in [7, 11) is -1.45. The van der Waals surface area contributed by atoms with E-state index in [1.165, 1.54) is 11.8 Å². The van der Waals surface area contributed by atoms with E-state index in [0.717, 1.165) is 10.9 Å². The van der Waals surface area contributed by atoms with Crippen molar-refractivity contribution in [2.45, 2.75) is 5.16 Å². The van der Waals surface area contributed by atoms with E-state index in [-0.39, 0.29) is 0 Å². The molecule has 1 aromatic carbocycles. The van der Waals surface area contributed by atoms with E-state index < -0.39 is 7.12 Å². The van der Waals surface area contributed by atoms with Gasteiger partial charge in [-0.2, -0.15) is 0 Å². The van der Waals surface area contributed by atoms with Crippen molar-refractivity contribution in [1.82, 2.24) is 9.97 Å². The lowest BCUT2D eigenvalue weighted by Crippen LogP contribution is -2.29. The fourth-order valence-electron chi connectivity index (χ4n) is 1.29. The number of hydrogen-bond donors (Lipinski definition) is 2. The normalized spacial score (nSPS) is 10.6. The van der Waals surface area contributed by atoms with Crippen LogP contribution < -0.4 is 5.46 Å². The monoisotopic (exact) mass is 220 g/mol. The van der Waals surface area contributed by atoms with Gasteiger partial charge < -0.3 is 10.0 Å². The molecular weight excluding hydrogens is 211 g/mol. The fourth-order valence-corrected chi connectivity index (χ4v) is 1.64. The summed E-state index contributed by atoms with van der Waals surface area (Å²) in [4.78, 5) is 8.40. The van der Waals surface area contributed by atoms with Gasteiger partial charge in [-0.15, -0.1) is 0 Å². The van der Waals surface area contributed by atoms with Crippen LogP contribution in [0.3, 0.4) is 0 Å². The van der Waals surface area contributed by atoms with Crippen LogP contribution in [0.1, 0.15) is 0 Å². The Bertz CT molecular complexity index is 492. The second-order valence-corrected chi connectivity index (χ2v) is 3.82. The number of rotatable bonds is 2. The minimum Gasteiger partial charge on any atom is -0.423 e. The van der Waals surface area contributed by atoms with E-state index in [1.807, 2.05) is 6.26 Å². The molecule has 0 saturated heterocycles. The largest absolute Gasteiger partial charge is 0.488 e.